The van der Waals surface area contributed by atoms with Crippen LogP contribution in [0.3, 0.4) is 0 Å². The lowest BCUT2D eigenvalue weighted by molar-refractivity contribution is -0.139. The number of alkyl halides is 3. The van der Waals surface area contributed by atoms with Gasteiger partial charge in [0.25, 0.3) is 0 Å². The fourth-order valence-electron chi connectivity index (χ4n) is 2.32. The largest absolute Gasteiger partial charge is 0.491 e. The third-order valence-corrected chi connectivity index (χ3v) is 5.01. The molecule has 0 amide bonds. The SMILES string of the molecule is COC(COc1ccc(C(F)(F)F)cc1)CSc1ccc(OCC(=O)O)c(C)c1. The van der Waals surface area contributed by atoms with Crippen LogP contribution >= 0.6 is 11.8 Å². The molecule has 0 aliphatic heterocycles. The first kappa shape index (κ1) is 22.9. The lowest BCUT2D eigenvalue weighted by atomic mass is 10.2. The Morgan fingerprint density at radius 3 is 2.38 bits per heavy atom. The van der Waals surface area contributed by atoms with E-state index in [-0.39, 0.29) is 12.7 Å². The van der Waals surface area contributed by atoms with Crippen molar-refractivity contribution in [2.24, 2.45) is 0 Å². The van der Waals surface area contributed by atoms with Crippen LogP contribution in [-0.4, -0.2) is 43.3 Å². The summed E-state index contributed by atoms with van der Waals surface area (Å²) in [5, 5.41) is 8.67. The lowest BCUT2D eigenvalue weighted by Gasteiger charge is -2.17. The van der Waals surface area contributed by atoms with E-state index >= 15 is 0 Å². The standard InChI is InChI=1S/C20H21F3O5S/c1-13-9-17(7-8-18(13)28-11-19(24)25)29-12-16(26-2)10-27-15-5-3-14(4-6-15)20(21,22)23/h3-9,16H,10-12H2,1-2H3,(H,24,25). The molecule has 0 aliphatic carbocycles. The van der Waals surface area contributed by atoms with E-state index in [4.69, 9.17) is 19.3 Å². The maximum absolute atomic E-state index is 12.6. The number of halogens is 3. The van der Waals surface area contributed by atoms with E-state index < -0.39 is 24.3 Å². The average Bonchev–Trinajstić information content (AvgIpc) is 2.67. The number of methoxy groups -OCH3 is 1. The Labute approximate surface area is 170 Å². The first-order chi connectivity index (χ1) is 13.7. The van der Waals surface area contributed by atoms with Gasteiger partial charge in [-0.25, -0.2) is 4.79 Å². The molecule has 0 heterocycles. The minimum atomic E-state index is -4.38. The Morgan fingerprint density at radius 1 is 1.14 bits per heavy atom. The van der Waals surface area contributed by atoms with Gasteiger partial charge in [0, 0.05) is 17.8 Å². The molecule has 1 unspecified atom stereocenters. The topological polar surface area (TPSA) is 65.0 Å². The van der Waals surface area contributed by atoms with Gasteiger partial charge in [-0.15, -0.1) is 11.8 Å². The van der Waals surface area contributed by atoms with Gasteiger partial charge in [0.2, 0.25) is 0 Å². The molecule has 2 rings (SSSR count). The molecule has 2 aromatic carbocycles. The molecule has 0 fully saturated rings. The van der Waals surface area contributed by atoms with Gasteiger partial charge in [-0.1, -0.05) is 0 Å². The Kier molecular flexibility index (Phi) is 8.21. The lowest BCUT2D eigenvalue weighted by Crippen LogP contribution is -2.22. The van der Waals surface area contributed by atoms with Crippen LogP contribution in [0.5, 0.6) is 11.5 Å². The summed E-state index contributed by atoms with van der Waals surface area (Å²) in [6.07, 6.45) is -4.65. The van der Waals surface area contributed by atoms with Crippen molar-refractivity contribution < 1.29 is 37.3 Å². The van der Waals surface area contributed by atoms with E-state index in [9.17, 15) is 18.0 Å². The monoisotopic (exact) mass is 430 g/mol. The molecule has 9 heteroatoms. The van der Waals surface area contributed by atoms with Gasteiger partial charge >= 0.3 is 12.1 Å². The molecule has 0 spiro atoms. The van der Waals surface area contributed by atoms with Crippen LogP contribution in [0.2, 0.25) is 0 Å². The highest BCUT2D eigenvalue weighted by molar-refractivity contribution is 7.99. The molecular weight excluding hydrogens is 409 g/mol. The van der Waals surface area contributed by atoms with Crippen molar-refractivity contribution in [1.29, 1.82) is 0 Å². The molecular formula is C20H21F3O5S. The predicted molar refractivity (Wildman–Crippen MR) is 103 cm³/mol. The zero-order valence-corrected chi connectivity index (χ0v) is 16.7. The molecule has 1 N–H and O–H groups in total. The Morgan fingerprint density at radius 2 is 1.83 bits per heavy atom. The number of benzene rings is 2. The van der Waals surface area contributed by atoms with Crippen molar-refractivity contribution in [3.05, 3.63) is 53.6 Å². The second-order valence-corrected chi connectivity index (χ2v) is 7.20. The molecule has 0 bridgehead atoms. The smallest absolute Gasteiger partial charge is 0.416 e. The van der Waals surface area contributed by atoms with Gasteiger partial charge < -0.3 is 19.3 Å². The van der Waals surface area contributed by atoms with Crippen molar-refractivity contribution in [1.82, 2.24) is 0 Å². The van der Waals surface area contributed by atoms with Gasteiger partial charge in [0.15, 0.2) is 6.61 Å². The Hall–Kier alpha value is -2.39. The van der Waals surface area contributed by atoms with Gasteiger partial charge in [0.1, 0.15) is 24.2 Å². The molecule has 1 atom stereocenters. The van der Waals surface area contributed by atoms with Crippen LogP contribution in [0.4, 0.5) is 13.2 Å². The normalized spacial score (nSPS) is 12.4. The first-order valence-corrected chi connectivity index (χ1v) is 9.58. The Bertz CT molecular complexity index is 809. The van der Waals surface area contributed by atoms with Gasteiger partial charge in [-0.2, -0.15) is 13.2 Å². The number of aliphatic carboxylic acids is 1. The van der Waals surface area contributed by atoms with Gasteiger partial charge in [-0.3, -0.25) is 0 Å². The number of aryl methyl sites for hydroxylation is 1. The molecule has 0 saturated carbocycles. The number of hydrogen-bond donors (Lipinski definition) is 1. The summed E-state index contributed by atoms with van der Waals surface area (Å²) in [7, 11) is 1.54. The number of carboxylic acid groups (broad SMARTS) is 1. The minimum Gasteiger partial charge on any atom is -0.491 e. The molecule has 158 valence electrons. The second-order valence-electron chi connectivity index (χ2n) is 6.11. The van der Waals surface area contributed by atoms with Crippen molar-refractivity contribution >= 4 is 17.7 Å². The summed E-state index contributed by atoms with van der Waals surface area (Å²) in [5.74, 6) is 0.358. The zero-order chi connectivity index (χ0) is 21.4. The minimum absolute atomic E-state index is 0.188. The number of ether oxygens (including phenoxy) is 3. The van der Waals surface area contributed by atoms with Gasteiger partial charge in [-0.05, 0) is 55.0 Å². The number of thioether (sulfide) groups is 1. The summed E-state index contributed by atoms with van der Waals surface area (Å²) in [6.45, 7) is 1.61. The molecule has 0 saturated heterocycles. The maximum Gasteiger partial charge on any atom is 0.416 e. The summed E-state index contributed by atoms with van der Waals surface area (Å²) < 4.78 is 53.9. The van der Waals surface area contributed by atoms with Crippen LogP contribution in [0.15, 0.2) is 47.4 Å². The quantitative estimate of drug-likeness (QED) is 0.553. The maximum atomic E-state index is 12.6. The van der Waals surface area contributed by atoms with Crippen LogP contribution in [-0.2, 0) is 15.7 Å². The first-order valence-electron chi connectivity index (χ1n) is 8.60. The van der Waals surface area contributed by atoms with Crippen LogP contribution in [0.25, 0.3) is 0 Å². The van der Waals surface area contributed by atoms with E-state index in [2.05, 4.69) is 0 Å². The zero-order valence-electron chi connectivity index (χ0n) is 15.9. The molecule has 2 aromatic rings. The van der Waals surface area contributed by atoms with E-state index in [1.165, 1.54) is 31.0 Å². The fourth-order valence-corrected chi connectivity index (χ4v) is 3.35. The van der Waals surface area contributed by atoms with Crippen LogP contribution < -0.4 is 9.47 Å². The number of rotatable bonds is 10. The molecule has 5 nitrogen and oxygen atoms in total. The van der Waals surface area contributed by atoms with Gasteiger partial charge in [0.05, 0.1) is 5.56 Å². The molecule has 29 heavy (non-hydrogen) atoms. The van der Waals surface area contributed by atoms with Crippen LogP contribution in [0, 0.1) is 6.92 Å². The number of carbonyl (C=O) groups is 1. The highest BCUT2D eigenvalue weighted by Gasteiger charge is 2.30. The second kappa shape index (κ2) is 10.4. The Balaban J connectivity index is 1.85. The summed E-state index contributed by atoms with van der Waals surface area (Å²) in [6, 6.07) is 9.92. The average molecular weight is 430 g/mol. The van der Waals surface area contributed by atoms with E-state index in [0.29, 0.717) is 17.3 Å². The van der Waals surface area contributed by atoms with Crippen molar-refractivity contribution in [3.63, 3.8) is 0 Å². The summed E-state index contributed by atoms with van der Waals surface area (Å²) in [4.78, 5) is 11.5. The highest BCUT2D eigenvalue weighted by atomic mass is 32.2. The van der Waals surface area contributed by atoms with Crippen LogP contribution in [0.1, 0.15) is 11.1 Å². The summed E-state index contributed by atoms with van der Waals surface area (Å²) >= 11 is 1.52. The number of carboxylic acids is 1. The van der Waals surface area contributed by atoms with Crippen molar-refractivity contribution in [2.45, 2.75) is 24.1 Å². The third kappa shape index (κ3) is 7.51. The van der Waals surface area contributed by atoms with E-state index in [1.807, 2.05) is 19.1 Å². The third-order valence-electron chi connectivity index (χ3n) is 3.88. The van der Waals surface area contributed by atoms with E-state index in [1.54, 1.807) is 6.07 Å². The highest BCUT2D eigenvalue weighted by Crippen LogP contribution is 2.30. The van der Waals surface area contributed by atoms with E-state index in [0.717, 1.165) is 22.6 Å². The molecule has 0 aromatic heterocycles. The molecule has 0 radical (unpaired) electrons. The van der Waals surface area contributed by atoms with Crippen molar-refractivity contribution in [3.8, 4) is 11.5 Å². The molecule has 0 aliphatic rings. The number of hydrogen-bond acceptors (Lipinski definition) is 5. The summed E-state index contributed by atoms with van der Waals surface area (Å²) in [5.41, 5.74) is 0.0843. The fraction of sp³-hybridized carbons (Fsp3) is 0.350. The van der Waals surface area contributed by atoms with Crippen molar-refractivity contribution in [2.75, 3.05) is 26.1 Å². The predicted octanol–water partition coefficient (Wildman–Crippen LogP) is 4.66.